The molecule has 0 aliphatic carbocycles. The summed E-state index contributed by atoms with van der Waals surface area (Å²) in [5.41, 5.74) is 5.84. The van der Waals surface area contributed by atoms with Crippen molar-refractivity contribution in [3.63, 3.8) is 0 Å². The standard InChI is InChI=1S/C14H17N3O2S/c1-8(2)13(11-4-3-5-20-11)17-12-6-9(14(18)19)10(15)7-16-12/h3-8,13H,15H2,1-2H3,(H,16,17)(H,18,19). The van der Waals surface area contributed by atoms with E-state index in [1.807, 2.05) is 11.4 Å². The third-order valence-corrected chi connectivity index (χ3v) is 3.94. The number of aromatic carboxylic acids is 1. The minimum Gasteiger partial charge on any atom is -0.478 e. The Morgan fingerprint density at radius 3 is 2.80 bits per heavy atom. The zero-order valence-electron chi connectivity index (χ0n) is 11.3. The molecule has 5 nitrogen and oxygen atoms in total. The summed E-state index contributed by atoms with van der Waals surface area (Å²) in [6.45, 7) is 4.21. The Balaban J connectivity index is 2.28. The first-order valence-corrected chi connectivity index (χ1v) is 7.15. The number of carboxylic acids is 1. The van der Waals surface area contributed by atoms with E-state index in [0.717, 1.165) is 0 Å². The second kappa shape index (κ2) is 5.92. The van der Waals surface area contributed by atoms with Gasteiger partial charge in [-0.05, 0) is 23.4 Å². The number of rotatable bonds is 5. The van der Waals surface area contributed by atoms with Crippen LogP contribution in [0.1, 0.15) is 35.1 Å². The lowest BCUT2D eigenvalue weighted by atomic mass is 10.0. The maximum atomic E-state index is 11.1. The van der Waals surface area contributed by atoms with Crippen molar-refractivity contribution in [3.8, 4) is 0 Å². The van der Waals surface area contributed by atoms with E-state index in [2.05, 4.69) is 30.2 Å². The van der Waals surface area contributed by atoms with Gasteiger partial charge in [-0.3, -0.25) is 0 Å². The highest BCUT2D eigenvalue weighted by atomic mass is 32.1. The van der Waals surface area contributed by atoms with Gasteiger partial charge in [-0.2, -0.15) is 0 Å². The van der Waals surface area contributed by atoms with Gasteiger partial charge in [0.05, 0.1) is 23.5 Å². The Morgan fingerprint density at radius 2 is 2.25 bits per heavy atom. The van der Waals surface area contributed by atoms with Crippen molar-refractivity contribution in [2.24, 2.45) is 5.92 Å². The molecule has 0 fully saturated rings. The summed E-state index contributed by atoms with van der Waals surface area (Å²) >= 11 is 1.66. The van der Waals surface area contributed by atoms with Crippen molar-refractivity contribution >= 4 is 28.8 Å². The minimum atomic E-state index is -1.05. The van der Waals surface area contributed by atoms with Crippen molar-refractivity contribution in [1.29, 1.82) is 0 Å². The molecule has 0 aliphatic heterocycles. The van der Waals surface area contributed by atoms with Crippen LogP contribution in [0.2, 0.25) is 0 Å². The molecule has 1 atom stereocenters. The van der Waals surface area contributed by atoms with Crippen LogP contribution in [0.5, 0.6) is 0 Å². The molecule has 20 heavy (non-hydrogen) atoms. The van der Waals surface area contributed by atoms with Gasteiger partial charge in [0.1, 0.15) is 5.82 Å². The summed E-state index contributed by atoms with van der Waals surface area (Å²) in [4.78, 5) is 16.4. The van der Waals surface area contributed by atoms with Crippen LogP contribution in [0.3, 0.4) is 0 Å². The summed E-state index contributed by atoms with van der Waals surface area (Å²) in [6, 6.07) is 5.61. The number of anilines is 2. The first kappa shape index (κ1) is 14.3. The van der Waals surface area contributed by atoms with Crippen molar-refractivity contribution < 1.29 is 9.90 Å². The predicted molar refractivity (Wildman–Crippen MR) is 81.1 cm³/mol. The molecule has 0 saturated heterocycles. The van der Waals surface area contributed by atoms with Crippen LogP contribution in [-0.2, 0) is 0 Å². The van der Waals surface area contributed by atoms with Gasteiger partial charge in [0.25, 0.3) is 0 Å². The first-order valence-electron chi connectivity index (χ1n) is 6.27. The summed E-state index contributed by atoms with van der Waals surface area (Å²) < 4.78 is 0. The molecule has 0 saturated carbocycles. The van der Waals surface area contributed by atoms with Gasteiger partial charge >= 0.3 is 5.97 Å². The van der Waals surface area contributed by atoms with E-state index in [9.17, 15) is 4.79 Å². The number of hydrogen-bond donors (Lipinski definition) is 3. The number of carboxylic acid groups (broad SMARTS) is 1. The van der Waals surface area contributed by atoms with Crippen molar-refractivity contribution in [2.45, 2.75) is 19.9 Å². The number of nitrogens with zero attached hydrogens (tertiary/aromatic N) is 1. The summed E-state index contributed by atoms with van der Waals surface area (Å²) in [6.07, 6.45) is 1.37. The molecule has 0 spiro atoms. The highest BCUT2D eigenvalue weighted by Gasteiger charge is 2.18. The molecule has 0 amide bonds. The van der Waals surface area contributed by atoms with Crippen LogP contribution >= 0.6 is 11.3 Å². The third kappa shape index (κ3) is 3.08. The van der Waals surface area contributed by atoms with Gasteiger partial charge in [-0.25, -0.2) is 9.78 Å². The van der Waals surface area contributed by atoms with E-state index < -0.39 is 5.97 Å². The molecule has 0 aromatic carbocycles. The lowest BCUT2D eigenvalue weighted by Crippen LogP contribution is -2.17. The Labute approximate surface area is 121 Å². The van der Waals surface area contributed by atoms with Crippen molar-refractivity contribution in [2.75, 3.05) is 11.1 Å². The molecule has 2 aromatic rings. The molecule has 0 bridgehead atoms. The molecule has 2 heterocycles. The first-order chi connectivity index (χ1) is 9.49. The lowest BCUT2D eigenvalue weighted by Gasteiger charge is -2.22. The second-order valence-electron chi connectivity index (χ2n) is 4.84. The normalized spacial score (nSPS) is 12.3. The average Bonchev–Trinajstić information content (AvgIpc) is 2.90. The van der Waals surface area contributed by atoms with Crippen molar-refractivity contribution in [3.05, 3.63) is 40.2 Å². The van der Waals surface area contributed by atoms with Crippen LogP contribution in [-0.4, -0.2) is 16.1 Å². The molecular weight excluding hydrogens is 274 g/mol. The number of thiophene rings is 1. The fourth-order valence-electron chi connectivity index (χ4n) is 1.92. The SMILES string of the molecule is CC(C)C(Nc1cc(C(=O)O)c(N)cn1)c1cccs1. The molecule has 106 valence electrons. The maximum absolute atomic E-state index is 11.1. The molecular formula is C14H17N3O2S. The zero-order valence-corrected chi connectivity index (χ0v) is 12.1. The highest BCUT2D eigenvalue weighted by Crippen LogP contribution is 2.29. The average molecular weight is 291 g/mol. The van der Waals surface area contributed by atoms with Crippen molar-refractivity contribution in [1.82, 2.24) is 4.98 Å². The number of nitrogens with two attached hydrogens (primary N) is 1. The number of hydrogen-bond acceptors (Lipinski definition) is 5. The van der Waals surface area contributed by atoms with Gasteiger partial charge in [0.15, 0.2) is 0 Å². The van der Waals surface area contributed by atoms with E-state index in [0.29, 0.717) is 11.7 Å². The Hall–Kier alpha value is -2.08. The van der Waals surface area contributed by atoms with E-state index in [-0.39, 0.29) is 17.3 Å². The van der Waals surface area contributed by atoms with E-state index in [1.54, 1.807) is 11.3 Å². The van der Waals surface area contributed by atoms with Crippen LogP contribution in [0.4, 0.5) is 11.5 Å². The fourth-order valence-corrected chi connectivity index (χ4v) is 2.87. The van der Waals surface area contributed by atoms with Gasteiger partial charge in [-0.15, -0.1) is 11.3 Å². The largest absolute Gasteiger partial charge is 0.478 e. The Morgan fingerprint density at radius 1 is 1.50 bits per heavy atom. The predicted octanol–water partition coefficient (Wildman–Crippen LogP) is 3.23. The number of pyridine rings is 1. The summed E-state index contributed by atoms with van der Waals surface area (Å²) in [5, 5.41) is 14.4. The molecule has 0 radical (unpaired) electrons. The fraction of sp³-hybridized carbons (Fsp3) is 0.286. The highest BCUT2D eigenvalue weighted by molar-refractivity contribution is 7.10. The molecule has 1 unspecified atom stereocenters. The van der Waals surface area contributed by atoms with Gasteiger partial charge < -0.3 is 16.2 Å². The Kier molecular flexibility index (Phi) is 4.24. The second-order valence-corrected chi connectivity index (χ2v) is 5.82. The topological polar surface area (TPSA) is 88.2 Å². The third-order valence-electron chi connectivity index (χ3n) is 2.98. The lowest BCUT2D eigenvalue weighted by molar-refractivity contribution is 0.0698. The molecule has 2 aromatic heterocycles. The summed E-state index contributed by atoms with van der Waals surface area (Å²) in [7, 11) is 0. The molecule has 2 rings (SSSR count). The van der Waals surface area contributed by atoms with Gasteiger partial charge in [-0.1, -0.05) is 19.9 Å². The van der Waals surface area contributed by atoms with Crippen LogP contribution in [0.25, 0.3) is 0 Å². The summed E-state index contributed by atoms with van der Waals surface area (Å²) in [5.74, 6) is -0.185. The van der Waals surface area contributed by atoms with Crippen LogP contribution < -0.4 is 11.1 Å². The van der Waals surface area contributed by atoms with E-state index >= 15 is 0 Å². The van der Waals surface area contributed by atoms with E-state index in [4.69, 9.17) is 10.8 Å². The molecule has 6 heteroatoms. The Bertz CT molecular complexity index is 596. The number of aromatic nitrogens is 1. The quantitative estimate of drug-likeness (QED) is 0.787. The smallest absolute Gasteiger partial charge is 0.337 e. The molecule has 4 N–H and O–H groups in total. The number of nitrogen functional groups attached to an aromatic ring is 1. The number of carbonyl (C=O) groups is 1. The maximum Gasteiger partial charge on any atom is 0.337 e. The molecule has 0 aliphatic rings. The van der Waals surface area contributed by atoms with Gasteiger partial charge in [0.2, 0.25) is 0 Å². The van der Waals surface area contributed by atoms with Crippen LogP contribution in [0, 0.1) is 5.92 Å². The number of nitrogens with one attached hydrogen (secondary N) is 1. The van der Waals surface area contributed by atoms with Crippen LogP contribution in [0.15, 0.2) is 29.8 Å². The van der Waals surface area contributed by atoms with Gasteiger partial charge in [0, 0.05) is 4.88 Å². The monoisotopic (exact) mass is 291 g/mol. The zero-order chi connectivity index (χ0) is 14.7. The van der Waals surface area contributed by atoms with E-state index in [1.165, 1.54) is 17.1 Å². The minimum absolute atomic E-state index is 0.0659.